The van der Waals surface area contributed by atoms with Crippen molar-refractivity contribution < 1.29 is 9.90 Å². The van der Waals surface area contributed by atoms with Gasteiger partial charge in [-0.15, -0.1) is 0 Å². The summed E-state index contributed by atoms with van der Waals surface area (Å²) >= 11 is 0. The van der Waals surface area contributed by atoms with Crippen molar-refractivity contribution in [2.24, 2.45) is 11.3 Å². The number of aromatic nitrogens is 2. The molecule has 1 aromatic heterocycles. The van der Waals surface area contributed by atoms with Gasteiger partial charge in [0.05, 0.1) is 5.69 Å². The average Bonchev–Trinajstić information content (AvgIpc) is 2.70. The number of carboxylic acid groups (broad SMARTS) is 1. The molecule has 90 valence electrons. The largest absolute Gasteiger partial charge is 0.477 e. The van der Waals surface area contributed by atoms with Crippen molar-refractivity contribution >= 4 is 5.97 Å². The Morgan fingerprint density at radius 1 is 1.35 bits per heavy atom. The molecule has 17 heavy (non-hydrogen) atoms. The van der Waals surface area contributed by atoms with E-state index in [0.717, 1.165) is 17.7 Å². The summed E-state index contributed by atoms with van der Waals surface area (Å²) in [6, 6.07) is 0. The Bertz CT molecular complexity index is 500. The molecule has 3 aliphatic carbocycles. The molecule has 0 radical (unpaired) electrons. The van der Waals surface area contributed by atoms with Crippen molar-refractivity contribution in [3.05, 3.63) is 17.0 Å². The summed E-state index contributed by atoms with van der Waals surface area (Å²) in [6.45, 7) is 0. The highest BCUT2D eigenvalue weighted by Crippen LogP contribution is 2.75. The standard InChI is InChI=1S/C13H16N2O2/c16-12(17)11-7-6-8-9(10(7)14-15-11)13(8)4-2-1-3-5-13/h8-9H,1-6H2,(H,14,15)(H,16,17)/t8-,9-/m0/s1. The predicted octanol–water partition coefficient (Wildman–Crippen LogP) is 2.33. The van der Waals surface area contributed by atoms with E-state index in [2.05, 4.69) is 10.2 Å². The lowest BCUT2D eigenvalue weighted by Crippen LogP contribution is -2.14. The van der Waals surface area contributed by atoms with Gasteiger partial charge in [-0.2, -0.15) is 5.10 Å². The van der Waals surface area contributed by atoms with Gasteiger partial charge in [0, 0.05) is 11.5 Å². The Labute approximate surface area is 99.4 Å². The summed E-state index contributed by atoms with van der Waals surface area (Å²) in [5.41, 5.74) is 2.91. The van der Waals surface area contributed by atoms with Gasteiger partial charge >= 0.3 is 5.97 Å². The van der Waals surface area contributed by atoms with Crippen LogP contribution in [0.5, 0.6) is 0 Å². The molecule has 1 heterocycles. The molecule has 0 bridgehead atoms. The molecule has 1 aromatic rings. The summed E-state index contributed by atoms with van der Waals surface area (Å²) in [4.78, 5) is 11.0. The lowest BCUT2D eigenvalue weighted by molar-refractivity contribution is 0.0689. The van der Waals surface area contributed by atoms with Crippen LogP contribution in [0.15, 0.2) is 0 Å². The Kier molecular flexibility index (Phi) is 1.66. The highest BCUT2D eigenvalue weighted by Gasteiger charge is 2.68. The van der Waals surface area contributed by atoms with E-state index in [0.29, 0.717) is 22.9 Å². The van der Waals surface area contributed by atoms with E-state index in [9.17, 15) is 4.79 Å². The molecular weight excluding hydrogens is 216 g/mol. The molecule has 0 unspecified atom stereocenters. The van der Waals surface area contributed by atoms with E-state index in [-0.39, 0.29) is 0 Å². The maximum atomic E-state index is 11.0. The number of carboxylic acids is 1. The third-order valence-electron chi connectivity index (χ3n) is 5.27. The molecular formula is C13H16N2O2. The van der Waals surface area contributed by atoms with Gasteiger partial charge in [0.25, 0.3) is 0 Å². The van der Waals surface area contributed by atoms with Gasteiger partial charge in [0.2, 0.25) is 0 Å². The van der Waals surface area contributed by atoms with Crippen molar-refractivity contribution in [1.82, 2.24) is 10.2 Å². The summed E-state index contributed by atoms with van der Waals surface area (Å²) < 4.78 is 0. The van der Waals surface area contributed by atoms with Gasteiger partial charge in [0.15, 0.2) is 0 Å². The summed E-state index contributed by atoms with van der Waals surface area (Å²) in [6.07, 6.45) is 7.66. The van der Waals surface area contributed by atoms with Crippen LogP contribution in [0.25, 0.3) is 0 Å². The van der Waals surface area contributed by atoms with Crippen molar-refractivity contribution in [3.8, 4) is 0 Å². The highest BCUT2D eigenvalue weighted by molar-refractivity contribution is 5.88. The van der Waals surface area contributed by atoms with E-state index in [4.69, 9.17) is 5.11 Å². The molecule has 0 aliphatic heterocycles. The number of nitrogens with zero attached hydrogens (tertiary/aromatic N) is 1. The molecule has 4 nitrogen and oxygen atoms in total. The minimum atomic E-state index is -0.863. The first-order chi connectivity index (χ1) is 8.24. The van der Waals surface area contributed by atoms with E-state index in [1.165, 1.54) is 32.1 Å². The van der Waals surface area contributed by atoms with Crippen molar-refractivity contribution in [1.29, 1.82) is 0 Å². The monoisotopic (exact) mass is 232 g/mol. The first-order valence-electron chi connectivity index (χ1n) is 6.54. The fourth-order valence-electron chi connectivity index (χ4n) is 4.49. The second-order valence-corrected chi connectivity index (χ2v) is 5.85. The lowest BCUT2D eigenvalue weighted by Gasteiger charge is -2.25. The number of carbonyl (C=O) groups is 1. The minimum Gasteiger partial charge on any atom is -0.477 e. The molecule has 4 heteroatoms. The van der Waals surface area contributed by atoms with Crippen LogP contribution in [0.2, 0.25) is 0 Å². The van der Waals surface area contributed by atoms with E-state index in [1.54, 1.807) is 0 Å². The van der Waals surface area contributed by atoms with Gasteiger partial charge < -0.3 is 5.11 Å². The van der Waals surface area contributed by atoms with Crippen LogP contribution in [-0.4, -0.2) is 21.3 Å². The van der Waals surface area contributed by atoms with Gasteiger partial charge in [0.1, 0.15) is 5.69 Å². The first-order valence-corrected chi connectivity index (χ1v) is 6.54. The minimum absolute atomic E-state index is 0.332. The Hall–Kier alpha value is -1.32. The van der Waals surface area contributed by atoms with E-state index in [1.807, 2.05) is 0 Å². The molecule has 2 fully saturated rings. The van der Waals surface area contributed by atoms with E-state index >= 15 is 0 Å². The molecule has 1 spiro atoms. The van der Waals surface area contributed by atoms with Gasteiger partial charge in [-0.3, -0.25) is 5.10 Å². The molecule has 2 saturated carbocycles. The van der Waals surface area contributed by atoms with Crippen LogP contribution in [0.4, 0.5) is 0 Å². The first kappa shape index (κ1) is 9.68. The second kappa shape index (κ2) is 2.92. The number of aromatic carboxylic acids is 1. The van der Waals surface area contributed by atoms with Crippen LogP contribution in [0.1, 0.15) is 59.8 Å². The summed E-state index contributed by atoms with van der Waals surface area (Å²) in [5, 5.41) is 16.1. The molecule has 0 amide bonds. The number of nitrogens with one attached hydrogen (secondary N) is 1. The van der Waals surface area contributed by atoms with Crippen LogP contribution < -0.4 is 0 Å². The number of aromatic amines is 1. The van der Waals surface area contributed by atoms with E-state index < -0.39 is 5.97 Å². The number of rotatable bonds is 1. The normalized spacial score (nSPS) is 32.2. The number of hydrogen-bond acceptors (Lipinski definition) is 2. The fraction of sp³-hybridized carbons (Fsp3) is 0.692. The number of hydrogen-bond donors (Lipinski definition) is 2. The molecule has 2 atom stereocenters. The SMILES string of the molecule is O=C(O)c1[nH]nc2c1C[C@H]1[C@@H]2C12CCCCC2. The quantitative estimate of drug-likeness (QED) is 0.781. The zero-order chi connectivity index (χ0) is 11.6. The number of H-pyrrole nitrogens is 1. The van der Waals surface area contributed by atoms with Crippen molar-refractivity contribution in [2.45, 2.75) is 44.4 Å². The van der Waals surface area contributed by atoms with Crippen LogP contribution in [0, 0.1) is 11.3 Å². The topological polar surface area (TPSA) is 66.0 Å². The molecule has 2 N–H and O–H groups in total. The summed E-state index contributed by atoms with van der Waals surface area (Å²) in [7, 11) is 0. The molecule has 0 aromatic carbocycles. The average molecular weight is 232 g/mol. The van der Waals surface area contributed by atoms with Gasteiger partial charge in [-0.25, -0.2) is 4.79 Å². The Morgan fingerprint density at radius 2 is 2.12 bits per heavy atom. The molecule has 4 rings (SSSR count). The molecule has 3 aliphatic rings. The highest BCUT2D eigenvalue weighted by atomic mass is 16.4. The zero-order valence-electron chi connectivity index (χ0n) is 9.70. The lowest BCUT2D eigenvalue weighted by atomic mass is 9.80. The fourth-order valence-corrected chi connectivity index (χ4v) is 4.49. The van der Waals surface area contributed by atoms with Crippen molar-refractivity contribution in [2.75, 3.05) is 0 Å². The van der Waals surface area contributed by atoms with Gasteiger partial charge in [-0.1, -0.05) is 19.3 Å². The molecule has 0 saturated heterocycles. The summed E-state index contributed by atoms with van der Waals surface area (Å²) in [5.74, 6) is 0.410. The Balaban J connectivity index is 1.70. The predicted molar refractivity (Wildman–Crippen MR) is 61.0 cm³/mol. The smallest absolute Gasteiger partial charge is 0.354 e. The second-order valence-electron chi connectivity index (χ2n) is 5.85. The van der Waals surface area contributed by atoms with Crippen molar-refractivity contribution in [3.63, 3.8) is 0 Å². The van der Waals surface area contributed by atoms with Crippen LogP contribution >= 0.6 is 0 Å². The third-order valence-corrected chi connectivity index (χ3v) is 5.27. The zero-order valence-corrected chi connectivity index (χ0v) is 9.70. The van der Waals surface area contributed by atoms with Crippen LogP contribution in [0.3, 0.4) is 0 Å². The van der Waals surface area contributed by atoms with Gasteiger partial charge in [-0.05, 0) is 30.6 Å². The Morgan fingerprint density at radius 3 is 2.82 bits per heavy atom. The third kappa shape index (κ3) is 1.04. The maximum absolute atomic E-state index is 11.0. The number of fused-ring (bicyclic) bond motifs is 5. The maximum Gasteiger partial charge on any atom is 0.354 e. The van der Waals surface area contributed by atoms with Crippen LogP contribution in [-0.2, 0) is 6.42 Å².